The summed E-state index contributed by atoms with van der Waals surface area (Å²) >= 11 is 0. The highest BCUT2D eigenvalue weighted by molar-refractivity contribution is 7.89. The predicted octanol–water partition coefficient (Wildman–Crippen LogP) is 0.783. The van der Waals surface area contributed by atoms with Crippen LogP contribution in [0.1, 0.15) is 12.5 Å². The number of rotatable bonds is 5. The Bertz CT molecular complexity index is 689. The number of piperazine rings is 1. The second kappa shape index (κ2) is 6.86. The van der Waals surface area contributed by atoms with Crippen molar-refractivity contribution in [3.05, 3.63) is 23.8 Å². The standard InChI is InChI=1S/C15H22N2O5S/c1-4-22-13-6-5-11(2)9-14(13)23(20,21)17-8-7-16(3)12(10-17)15(18)19/h5-6,9,12H,4,7-8,10H2,1-3H3,(H,18,19). The molecule has 1 saturated heterocycles. The van der Waals surface area contributed by atoms with E-state index in [1.165, 1.54) is 4.31 Å². The second-order valence-corrected chi connectivity index (χ2v) is 7.49. The van der Waals surface area contributed by atoms with Gasteiger partial charge in [-0.3, -0.25) is 9.69 Å². The Morgan fingerprint density at radius 3 is 2.70 bits per heavy atom. The zero-order valence-corrected chi connectivity index (χ0v) is 14.3. The maximum Gasteiger partial charge on any atom is 0.322 e. The zero-order chi connectivity index (χ0) is 17.2. The lowest BCUT2D eigenvalue weighted by Crippen LogP contribution is -2.56. The van der Waals surface area contributed by atoms with Gasteiger partial charge < -0.3 is 9.84 Å². The molecule has 1 aliphatic heterocycles. The summed E-state index contributed by atoms with van der Waals surface area (Å²) in [6.07, 6.45) is 0. The third-order valence-electron chi connectivity index (χ3n) is 3.91. The molecule has 1 atom stereocenters. The molecule has 1 fully saturated rings. The molecule has 1 N–H and O–H groups in total. The average molecular weight is 342 g/mol. The van der Waals surface area contributed by atoms with E-state index >= 15 is 0 Å². The minimum Gasteiger partial charge on any atom is -0.492 e. The van der Waals surface area contributed by atoms with E-state index in [4.69, 9.17) is 4.74 Å². The molecule has 1 aromatic carbocycles. The number of hydrogen-bond donors (Lipinski definition) is 1. The van der Waals surface area contributed by atoms with E-state index in [0.717, 1.165) is 5.56 Å². The van der Waals surface area contributed by atoms with Crippen molar-refractivity contribution in [2.45, 2.75) is 24.8 Å². The van der Waals surface area contributed by atoms with Gasteiger partial charge in [-0.2, -0.15) is 4.31 Å². The van der Waals surface area contributed by atoms with Crippen molar-refractivity contribution in [2.24, 2.45) is 0 Å². The van der Waals surface area contributed by atoms with Crippen molar-refractivity contribution < 1.29 is 23.1 Å². The molecule has 0 bridgehead atoms. The first-order valence-electron chi connectivity index (χ1n) is 7.44. The zero-order valence-electron chi connectivity index (χ0n) is 13.5. The Morgan fingerprint density at radius 1 is 1.39 bits per heavy atom. The molecule has 23 heavy (non-hydrogen) atoms. The van der Waals surface area contributed by atoms with Crippen LogP contribution in [-0.2, 0) is 14.8 Å². The first-order valence-corrected chi connectivity index (χ1v) is 8.88. The molecule has 0 radical (unpaired) electrons. The van der Waals surface area contributed by atoms with Crippen molar-refractivity contribution >= 4 is 16.0 Å². The molecule has 1 aliphatic rings. The van der Waals surface area contributed by atoms with Crippen molar-refractivity contribution in [2.75, 3.05) is 33.3 Å². The van der Waals surface area contributed by atoms with E-state index < -0.39 is 22.0 Å². The van der Waals surface area contributed by atoms with Crippen molar-refractivity contribution in [1.29, 1.82) is 0 Å². The van der Waals surface area contributed by atoms with Crippen LogP contribution < -0.4 is 4.74 Å². The summed E-state index contributed by atoms with van der Waals surface area (Å²) in [4.78, 5) is 13.0. The maximum atomic E-state index is 12.9. The van der Waals surface area contributed by atoms with Crippen molar-refractivity contribution in [3.8, 4) is 5.75 Å². The van der Waals surface area contributed by atoms with Gasteiger partial charge in [0.25, 0.3) is 0 Å². The SMILES string of the molecule is CCOc1ccc(C)cc1S(=O)(=O)N1CCN(C)C(C(=O)O)C1. The smallest absolute Gasteiger partial charge is 0.322 e. The molecule has 7 nitrogen and oxygen atoms in total. The van der Waals surface area contributed by atoms with E-state index in [0.29, 0.717) is 18.9 Å². The first kappa shape index (κ1) is 17.7. The Kier molecular flexibility index (Phi) is 5.28. The molecule has 0 aromatic heterocycles. The number of carboxylic acid groups (broad SMARTS) is 1. The minimum atomic E-state index is -3.81. The van der Waals surface area contributed by atoms with Gasteiger partial charge in [-0.05, 0) is 38.6 Å². The van der Waals surface area contributed by atoms with E-state index in [9.17, 15) is 18.3 Å². The normalized spacial score (nSPS) is 20.4. The van der Waals surface area contributed by atoms with Gasteiger partial charge in [0.2, 0.25) is 10.0 Å². The Hall–Kier alpha value is -1.64. The van der Waals surface area contributed by atoms with Crippen LogP contribution >= 0.6 is 0 Å². The molecule has 0 aliphatic carbocycles. The molecule has 0 spiro atoms. The summed E-state index contributed by atoms with van der Waals surface area (Å²) in [5, 5.41) is 9.26. The summed E-state index contributed by atoms with van der Waals surface area (Å²) in [6.45, 7) is 4.49. The number of benzene rings is 1. The van der Waals surface area contributed by atoms with Gasteiger partial charge in [0.15, 0.2) is 0 Å². The highest BCUT2D eigenvalue weighted by Crippen LogP contribution is 2.29. The molecule has 1 heterocycles. The number of sulfonamides is 1. The van der Waals surface area contributed by atoms with Crippen LogP contribution in [0.3, 0.4) is 0 Å². The van der Waals surface area contributed by atoms with Crippen LogP contribution in [0.5, 0.6) is 5.75 Å². The molecule has 1 aromatic rings. The Morgan fingerprint density at radius 2 is 2.09 bits per heavy atom. The minimum absolute atomic E-state index is 0.0757. The summed E-state index contributed by atoms with van der Waals surface area (Å²) in [6, 6.07) is 4.14. The summed E-state index contributed by atoms with van der Waals surface area (Å²) in [5.41, 5.74) is 0.802. The fraction of sp³-hybridized carbons (Fsp3) is 0.533. The molecule has 0 amide bonds. The van der Waals surface area contributed by atoms with E-state index in [1.54, 1.807) is 44.0 Å². The van der Waals surface area contributed by atoms with Gasteiger partial charge in [-0.25, -0.2) is 8.42 Å². The summed E-state index contributed by atoms with van der Waals surface area (Å²) in [5.74, 6) is -0.731. The van der Waals surface area contributed by atoms with E-state index in [2.05, 4.69) is 0 Å². The number of ether oxygens (including phenoxy) is 1. The van der Waals surface area contributed by atoms with Gasteiger partial charge in [0.1, 0.15) is 16.7 Å². The molecular weight excluding hydrogens is 320 g/mol. The van der Waals surface area contributed by atoms with E-state index in [1.807, 2.05) is 0 Å². The van der Waals surface area contributed by atoms with Crippen molar-refractivity contribution in [3.63, 3.8) is 0 Å². The van der Waals surface area contributed by atoms with Crippen molar-refractivity contribution in [1.82, 2.24) is 9.21 Å². The average Bonchev–Trinajstić information content (AvgIpc) is 2.49. The van der Waals surface area contributed by atoms with Crippen LogP contribution in [0.4, 0.5) is 0 Å². The number of aliphatic carboxylic acids is 1. The molecule has 0 saturated carbocycles. The monoisotopic (exact) mass is 342 g/mol. The van der Waals surface area contributed by atoms with Crippen LogP contribution in [0.25, 0.3) is 0 Å². The number of carbonyl (C=O) groups is 1. The van der Waals surface area contributed by atoms with Crippen LogP contribution in [0.15, 0.2) is 23.1 Å². The van der Waals surface area contributed by atoms with Gasteiger partial charge in [-0.15, -0.1) is 0 Å². The summed E-state index contributed by atoms with van der Waals surface area (Å²) < 4.78 is 32.5. The van der Waals surface area contributed by atoms with E-state index in [-0.39, 0.29) is 18.0 Å². The molecular formula is C15H22N2O5S. The molecule has 8 heteroatoms. The summed E-state index contributed by atoms with van der Waals surface area (Å²) in [7, 11) is -2.13. The fourth-order valence-electron chi connectivity index (χ4n) is 2.56. The number of nitrogens with zero attached hydrogens (tertiary/aromatic N) is 2. The first-order chi connectivity index (χ1) is 10.8. The highest BCUT2D eigenvalue weighted by atomic mass is 32.2. The third kappa shape index (κ3) is 3.65. The van der Waals surface area contributed by atoms with Gasteiger partial charge >= 0.3 is 5.97 Å². The van der Waals surface area contributed by atoms with Crippen LogP contribution in [0, 0.1) is 6.92 Å². The molecule has 1 unspecified atom stereocenters. The van der Waals surface area contributed by atoms with Crippen LogP contribution in [0.2, 0.25) is 0 Å². The topological polar surface area (TPSA) is 87.2 Å². The van der Waals surface area contributed by atoms with Gasteiger partial charge in [0, 0.05) is 19.6 Å². The fourth-order valence-corrected chi connectivity index (χ4v) is 4.22. The lowest BCUT2D eigenvalue weighted by atomic mass is 10.2. The predicted molar refractivity (Wildman–Crippen MR) is 85.2 cm³/mol. The quantitative estimate of drug-likeness (QED) is 0.851. The third-order valence-corrected chi connectivity index (χ3v) is 5.80. The number of likely N-dealkylation sites (N-methyl/N-ethyl adjacent to an activating group) is 1. The second-order valence-electron chi connectivity index (χ2n) is 5.58. The number of aryl methyl sites for hydroxylation is 1. The maximum absolute atomic E-state index is 12.9. The number of carboxylic acids is 1. The molecule has 128 valence electrons. The number of hydrogen-bond acceptors (Lipinski definition) is 5. The largest absolute Gasteiger partial charge is 0.492 e. The van der Waals surface area contributed by atoms with Gasteiger partial charge in [0.05, 0.1) is 6.61 Å². The lowest BCUT2D eigenvalue weighted by Gasteiger charge is -2.36. The Labute approximate surface area is 136 Å². The lowest BCUT2D eigenvalue weighted by molar-refractivity contribution is -0.144. The highest BCUT2D eigenvalue weighted by Gasteiger charge is 2.37. The Balaban J connectivity index is 2.38. The van der Waals surface area contributed by atoms with Crippen LogP contribution in [-0.4, -0.2) is 68.0 Å². The van der Waals surface area contributed by atoms with Gasteiger partial charge in [-0.1, -0.05) is 6.07 Å². The molecule has 2 rings (SSSR count).